The zero-order chi connectivity index (χ0) is 8.27. The molecule has 1 N–H and O–H groups in total. The van der Waals surface area contributed by atoms with Crippen LogP contribution in [0.4, 0.5) is 0 Å². The van der Waals surface area contributed by atoms with Crippen molar-refractivity contribution in [3.8, 4) is 0 Å². The molecular weight excluding hydrogens is 187 g/mol. The lowest BCUT2D eigenvalue weighted by molar-refractivity contribution is 0.322. The Labute approximate surface area is 73.3 Å². The van der Waals surface area contributed by atoms with Crippen molar-refractivity contribution >= 4 is 29.4 Å². The summed E-state index contributed by atoms with van der Waals surface area (Å²) in [4.78, 5) is 3.70. The van der Waals surface area contributed by atoms with E-state index in [1.165, 1.54) is 18.3 Å². The van der Waals surface area contributed by atoms with Gasteiger partial charge in [0, 0.05) is 5.56 Å². The quantitative estimate of drug-likeness (QED) is 0.320. The molecule has 0 atom stereocenters. The normalized spacial score (nSPS) is 10.7. The number of pyridine rings is 1. The van der Waals surface area contributed by atoms with Crippen molar-refractivity contribution in [3.05, 3.63) is 28.0 Å². The molecule has 0 amide bonds. The van der Waals surface area contributed by atoms with Crippen LogP contribution in [0.15, 0.2) is 17.3 Å². The van der Waals surface area contributed by atoms with Crippen LogP contribution >= 0.6 is 23.2 Å². The number of halogens is 2. The molecule has 1 aromatic rings. The van der Waals surface area contributed by atoms with Gasteiger partial charge in [-0.3, -0.25) is 0 Å². The van der Waals surface area contributed by atoms with Gasteiger partial charge >= 0.3 is 0 Å². The van der Waals surface area contributed by atoms with Gasteiger partial charge in [-0.2, -0.15) is 0 Å². The summed E-state index contributed by atoms with van der Waals surface area (Å²) in [5.41, 5.74) is 0.609. The highest BCUT2D eigenvalue weighted by Gasteiger charge is 1.95. The minimum absolute atomic E-state index is 0.271. The SMILES string of the molecule is O/N=C\c1cc(Cl)nc(Cl)c1. The molecule has 5 heteroatoms. The highest BCUT2D eigenvalue weighted by Crippen LogP contribution is 2.12. The van der Waals surface area contributed by atoms with Crippen LogP contribution in [-0.2, 0) is 0 Å². The molecule has 0 spiro atoms. The van der Waals surface area contributed by atoms with E-state index in [4.69, 9.17) is 28.4 Å². The van der Waals surface area contributed by atoms with Crippen molar-refractivity contribution in [2.75, 3.05) is 0 Å². The third-order valence-corrected chi connectivity index (χ3v) is 1.38. The van der Waals surface area contributed by atoms with E-state index in [9.17, 15) is 0 Å². The van der Waals surface area contributed by atoms with E-state index in [-0.39, 0.29) is 10.3 Å². The van der Waals surface area contributed by atoms with Gasteiger partial charge < -0.3 is 5.21 Å². The summed E-state index contributed by atoms with van der Waals surface area (Å²) in [5.74, 6) is 0. The molecule has 0 fully saturated rings. The Bertz CT molecular complexity index is 268. The minimum Gasteiger partial charge on any atom is -0.411 e. The van der Waals surface area contributed by atoms with Gasteiger partial charge in [0.05, 0.1) is 6.21 Å². The smallest absolute Gasteiger partial charge is 0.131 e. The monoisotopic (exact) mass is 190 g/mol. The number of rotatable bonds is 1. The molecule has 1 aromatic heterocycles. The van der Waals surface area contributed by atoms with Gasteiger partial charge in [-0.1, -0.05) is 28.4 Å². The second-order valence-corrected chi connectivity index (χ2v) is 2.56. The van der Waals surface area contributed by atoms with E-state index in [2.05, 4.69) is 10.1 Å². The van der Waals surface area contributed by atoms with E-state index in [0.717, 1.165) is 0 Å². The van der Waals surface area contributed by atoms with E-state index in [1.807, 2.05) is 0 Å². The van der Waals surface area contributed by atoms with Crippen LogP contribution in [0.2, 0.25) is 10.3 Å². The molecule has 0 radical (unpaired) electrons. The van der Waals surface area contributed by atoms with Gasteiger partial charge in [-0.15, -0.1) is 0 Å². The van der Waals surface area contributed by atoms with Gasteiger partial charge in [-0.25, -0.2) is 4.98 Å². The first-order valence-corrected chi connectivity index (χ1v) is 3.48. The van der Waals surface area contributed by atoms with Gasteiger partial charge in [0.2, 0.25) is 0 Å². The molecule has 0 unspecified atom stereocenters. The summed E-state index contributed by atoms with van der Waals surface area (Å²) in [6, 6.07) is 3.07. The Morgan fingerprint density at radius 3 is 2.36 bits per heavy atom. The van der Waals surface area contributed by atoms with Crippen LogP contribution in [0.1, 0.15) is 5.56 Å². The average molecular weight is 191 g/mol. The predicted molar refractivity (Wildman–Crippen MR) is 43.6 cm³/mol. The van der Waals surface area contributed by atoms with Crippen molar-refractivity contribution in [1.82, 2.24) is 4.98 Å². The fourth-order valence-corrected chi connectivity index (χ4v) is 1.10. The summed E-state index contributed by atoms with van der Waals surface area (Å²) in [6.07, 6.45) is 1.22. The molecule has 0 aromatic carbocycles. The van der Waals surface area contributed by atoms with E-state index < -0.39 is 0 Å². The van der Waals surface area contributed by atoms with Crippen LogP contribution in [0.25, 0.3) is 0 Å². The Morgan fingerprint density at radius 2 is 1.91 bits per heavy atom. The van der Waals surface area contributed by atoms with Crippen LogP contribution in [0.5, 0.6) is 0 Å². The molecule has 1 rings (SSSR count). The molecule has 0 bridgehead atoms. The number of aromatic nitrogens is 1. The maximum atomic E-state index is 8.16. The van der Waals surface area contributed by atoms with Gasteiger partial charge in [0.15, 0.2) is 0 Å². The Kier molecular flexibility index (Phi) is 2.68. The van der Waals surface area contributed by atoms with E-state index >= 15 is 0 Å². The Hall–Kier alpha value is -0.800. The van der Waals surface area contributed by atoms with Crippen molar-refractivity contribution < 1.29 is 5.21 Å². The zero-order valence-electron chi connectivity index (χ0n) is 5.33. The third kappa shape index (κ3) is 2.37. The molecule has 0 saturated heterocycles. The van der Waals surface area contributed by atoms with Gasteiger partial charge in [-0.05, 0) is 12.1 Å². The number of hydrogen-bond donors (Lipinski definition) is 1. The molecule has 3 nitrogen and oxygen atoms in total. The molecule has 58 valence electrons. The first-order chi connectivity index (χ1) is 5.22. The van der Waals surface area contributed by atoms with Crippen molar-refractivity contribution in [2.45, 2.75) is 0 Å². The third-order valence-electron chi connectivity index (χ3n) is 0.992. The maximum absolute atomic E-state index is 8.16. The zero-order valence-corrected chi connectivity index (χ0v) is 6.84. The molecule has 11 heavy (non-hydrogen) atoms. The summed E-state index contributed by atoms with van der Waals surface area (Å²) in [5, 5.41) is 11.5. The van der Waals surface area contributed by atoms with Crippen molar-refractivity contribution in [2.24, 2.45) is 5.16 Å². The van der Waals surface area contributed by atoms with Crippen molar-refractivity contribution in [1.29, 1.82) is 0 Å². The number of nitrogens with zero attached hydrogens (tertiary/aromatic N) is 2. The van der Waals surface area contributed by atoms with Crippen LogP contribution in [0.3, 0.4) is 0 Å². The average Bonchev–Trinajstić information content (AvgIpc) is 1.85. The van der Waals surface area contributed by atoms with Gasteiger partial charge in [0.1, 0.15) is 10.3 Å². The van der Waals surface area contributed by atoms with Gasteiger partial charge in [0.25, 0.3) is 0 Å². The second-order valence-electron chi connectivity index (χ2n) is 1.79. The topological polar surface area (TPSA) is 45.5 Å². The lowest BCUT2D eigenvalue weighted by atomic mass is 10.3. The fourth-order valence-electron chi connectivity index (χ4n) is 0.625. The van der Waals surface area contributed by atoms with E-state index in [1.54, 1.807) is 0 Å². The molecular formula is C6H4Cl2N2O. The number of hydrogen-bond acceptors (Lipinski definition) is 3. The largest absolute Gasteiger partial charge is 0.411 e. The highest BCUT2D eigenvalue weighted by atomic mass is 35.5. The lowest BCUT2D eigenvalue weighted by Gasteiger charge is -1.93. The summed E-state index contributed by atoms with van der Waals surface area (Å²) >= 11 is 11.1. The minimum atomic E-state index is 0.271. The van der Waals surface area contributed by atoms with E-state index in [0.29, 0.717) is 5.56 Å². The predicted octanol–water partition coefficient (Wildman–Crippen LogP) is 2.20. The van der Waals surface area contributed by atoms with Crippen LogP contribution in [-0.4, -0.2) is 16.4 Å². The first kappa shape index (κ1) is 8.30. The summed E-state index contributed by atoms with van der Waals surface area (Å²) in [7, 11) is 0. The first-order valence-electron chi connectivity index (χ1n) is 2.73. The standard InChI is InChI=1S/C6H4Cl2N2O/c7-5-1-4(3-9-11)2-6(8)10-5/h1-3,11H/b9-3-. The highest BCUT2D eigenvalue weighted by molar-refractivity contribution is 6.32. The molecule has 1 heterocycles. The molecule has 0 aliphatic carbocycles. The van der Waals surface area contributed by atoms with Crippen LogP contribution in [0, 0.1) is 0 Å². The molecule has 0 aliphatic rings. The number of oxime groups is 1. The van der Waals surface area contributed by atoms with Crippen molar-refractivity contribution in [3.63, 3.8) is 0 Å². The molecule has 0 aliphatic heterocycles. The summed E-state index contributed by atoms with van der Waals surface area (Å²) < 4.78 is 0. The Balaban J connectivity index is 3.08. The van der Waals surface area contributed by atoms with Crippen LogP contribution < -0.4 is 0 Å². The fraction of sp³-hybridized carbons (Fsp3) is 0. The summed E-state index contributed by atoms with van der Waals surface area (Å²) in [6.45, 7) is 0. The lowest BCUT2D eigenvalue weighted by Crippen LogP contribution is -1.84. The second kappa shape index (κ2) is 3.55. The molecule has 0 saturated carbocycles. The maximum Gasteiger partial charge on any atom is 0.131 e. The Morgan fingerprint density at radius 1 is 1.36 bits per heavy atom.